The van der Waals surface area contributed by atoms with E-state index in [9.17, 15) is 8.78 Å². The minimum Gasteiger partial charge on any atom is -0.203 e. The van der Waals surface area contributed by atoms with E-state index in [0.29, 0.717) is 23.8 Å². The number of allylic oxidation sites excluding steroid dienone is 1. The molecule has 0 N–H and O–H groups in total. The second-order valence-corrected chi connectivity index (χ2v) is 8.81. The molecule has 0 nitrogen and oxygen atoms in total. The van der Waals surface area contributed by atoms with Crippen molar-refractivity contribution in [3.8, 4) is 0 Å². The summed E-state index contributed by atoms with van der Waals surface area (Å²) in [6.45, 7) is 0. The Morgan fingerprint density at radius 2 is 1.50 bits per heavy atom. The molecule has 4 heteroatoms. The van der Waals surface area contributed by atoms with E-state index < -0.39 is 11.6 Å². The van der Waals surface area contributed by atoms with Crippen LogP contribution >= 0.6 is 23.2 Å². The number of aryl methyl sites for hydroxylation is 1. The lowest BCUT2D eigenvalue weighted by atomic mass is 9.68. The lowest BCUT2D eigenvalue weighted by molar-refractivity contribution is 0.152. The van der Waals surface area contributed by atoms with Crippen LogP contribution in [0.4, 0.5) is 8.78 Å². The zero-order valence-corrected chi connectivity index (χ0v) is 16.7. The van der Waals surface area contributed by atoms with Crippen LogP contribution < -0.4 is 0 Å². The summed E-state index contributed by atoms with van der Waals surface area (Å²) in [7, 11) is 0. The van der Waals surface area contributed by atoms with Crippen LogP contribution in [0.15, 0.2) is 23.7 Å². The predicted molar refractivity (Wildman–Crippen MR) is 106 cm³/mol. The minimum atomic E-state index is -0.910. The van der Waals surface area contributed by atoms with Gasteiger partial charge in [0.1, 0.15) is 0 Å². The van der Waals surface area contributed by atoms with Crippen LogP contribution in [-0.2, 0) is 6.42 Å². The van der Waals surface area contributed by atoms with Gasteiger partial charge >= 0.3 is 0 Å². The van der Waals surface area contributed by atoms with Crippen molar-refractivity contribution in [2.24, 2.45) is 23.7 Å². The Bertz CT molecular complexity index is 613. The van der Waals surface area contributed by atoms with Crippen molar-refractivity contribution in [2.75, 3.05) is 0 Å². The lowest BCUT2D eigenvalue weighted by Crippen LogP contribution is -2.25. The maximum Gasteiger partial charge on any atom is 0.177 e. The summed E-state index contributed by atoms with van der Waals surface area (Å²) in [5.41, 5.74) is 2.13. The topological polar surface area (TPSA) is 0 Å². The van der Waals surface area contributed by atoms with Crippen LogP contribution in [0.5, 0.6) is 0 Å². The summed E-state index contributed by atoms with van der Waals surface area (Å²) in [5.74, 6) is 1.37. The van der Waals surface area contributed by atoms with E-state index in [1.807, 2.05) is 0 Å². The van der Waals surface area contributed by atoms with Gasteiger partial charge in [0, 0.05) is 5.54 Å². The first-order chi connectivity index (χ1) is 12.6. The third kappa shape index (κ3) is 5.01. The van der Waals surface area contributed by atoms with Crippen LogP contribution in [0.2, 0.25) is 5.02 Å². The summed E-state index contributed by atoms with van der Waals surface area (Å²) in [5, 5.41) is -0.136. The van der Waals surface area contributed by atoms with Crippen LogP contribution in [0.3, 0.4) is 0 Å². The number of benzene rings is 1. The lowest BCUT2D eigenvalue weighted by Gasteiger charge is -2.37. The van der Waals surface area contributed by atoms with E-state index in [-0.39, 0.29) is 5.02 Å². The fourth-order valence-electron chi connectivity index (χ4n) is 4.98. The zero-order chi connectivity index (χ0) is 18.5. The smallest absolute Gasteiger partial charge is 0.177 e. The Morgan fingerprint density at radius 1 is 0.885 bits per heavy atom. The third-order valence-electron chi connectivity index (χ3n) is 6.66. The van der Waals surface area contributed by atoms with Gasteiger partial charge in [-0.1, -0.05) is 48.2 Å². The van der Waals surface area contributed by atoms with Gasteiger partial charge in [-0.2, -0.15) is 0 Å². The van der Waals surface area contributed by atoms with Crippen molar-refractivity contribution in [3.05, 3.63) is 46.0 Å². The molecule has 0 spiro atoms. The fourth-order valence-corrected chi connectivity index (χ4v) is 5.33. The summed E-state index contributed by atoms with van der Waals surface area (Å²) in [6.07, 6.45) is 13.9. The number of hydrogen-bond acceptors (Lipinski definition) is 0. The molecule has 0 heterocycles. The molecule has 0 unspecified atom stereocenters. The van der Waals surface area contributed by atoms with Gasteiger partial charge in [-0.05, 0) is 86.7 Å². The van der Waals surface area contributed by atoms with Crippen molar-refractivity contribution >= 4 is 23.2 Å². The van der Waals surface area contributed by atoms with E-state index in [0.717, 1.165) is 18.3 Å². The molecule has 1 aromatic carbocycles. The van der Waals surface area contributed by atoms with Gasteiger partial charge in [-0.25, -0.2) is 8.78 Å². The number of halogens is 4. The second kappa shape index (κ2) is 9.55. The summed E-state index contributed by atoms with van der Waals surface area (Å²) < 4.78 is 27.5. The van der Waals surface area contributed by atoms with Crippen molar-refractivity contribution in [1.82, 2.24) is 0 Å². The standard InChI is InChI=1S/C22H28Cl2F2/c23-14-13-16-3-8-18(9-4-16)17-6-1-15(2-7-17)5-10-19-11-12-20(24)22(26)21(19)25/h11-18H,1-10H2. The van der Waals surface area contributed by atoms with Crippen LogP contribution in [-0.4, -0.2) is 0 Å². The van der Waals surface area contributed by atoms with Crippen LogP contribution in [0.25, 0.3) is 0 Å². The maximum atomic E-state index is 13.9. The third-order valence-corrected chi connectivity index (χ3v) is 7.09. The fraction of sp³-hybridized carbons (Fsp3) is 0.636. The molecule has 2 aliphatic rings. The molecule has 3 rings (SSSR count). The van der Waals surface area contributed by atoms with Gasteiger partial charge in [-0.3, -0.25) is 0 Å². The molecule has 0 radical (unpaired) electrons. The molecule has 0 bridgehead atoms. The first-order valence-electron chi connectivity index (χ1n) is 9.97. The average molecular weight is 401 g/mol. The number of hydrogen-bond donors (Lipinski definition) is 0. The average Bonchev–Trinajstić information content (AvgIpc) is 2.67. The van der Waals surface area contributed by atoms with Crippen molar-refractivity contribution in [2.45, 2.75) is 64.2 Å². The van der Waals surface area contributed by atoms with Gasteiger partial charge < -0.3 is 0 Å². The molecule has 26 heavy (non-hydrogen) atoms. The quantitative estimate of drug-likeness (QED) is 0.440. The first-order valence-corrected chi connectivity index (χ1v) is 10.8. The predicted octanol–water partition coefficient (Wildman–Crippen LogP) is 7.92. The van der Waals surface area contributed by atoms with E-state index in [2.05, 4.69) is 6.08 Å². The first kappa shape index (κ1) is 20.1. The highest BCUT2D eigenvalue weighted by Gasteiger charge is 2.30. The molecule has 1 aromatic rings. The molecule has 0 atom stereocenters. The van der Waals surface area contributed by atoms with Gasteiger partial charge in [0.05, 0.1) is 5.02 Å². The molecule has 2 fully saturated rings. The van der Waals surface area contributed by atoms with Gasteiger partial charge in [0.2, 0.25) is 0 Å². The normalized spacial score (nSPS) is 30.0. The minimum absolute atomic E-state index is 0.136. The molecule has 2 saturated carbocycles. The van der Waals surface area contributed by atoms with Crippen molar-refractivity contribution < 1.29 is 8.78 Å². The van der Waals surface area contributed by atoms with Gasteiger partial charge in [0.15, 0.2) is 11.6 Å². The Hall–Kier alpha value is -0.600. The Labute approximate surface area is 166 Å². The van der Waals surface area contributed by atoms with E-state index in [1.54, 1.807) is 11.6 Å². The Balaban J connectivity index is 1.42. The largest absolute Gasteiger partial charge is 0.203 e. The van der Waals surface area contributed by atoms with Crippen molar-refractivity contribution in [3.63, 3.8) is 0 Å². The van der Waals surface area contributed by atoms with E-state index in [4.69, 9.17) is 23.2 Å². The molecule has 0 aliphatic heterocycles. The summed E-state index contributed by atoms with van der Waals surface area (Å²) in [4.78, 5) is 0. The van der Waals surface area contributed by atoms with E-state index in [1.165, 1.54) is 57.4 Å². The zero-order valence-electron chi connectivity index (χ0n) is 15.2. The highest BCUT2D eigenvalue weighted by molar-refractivity contribution is 6.30. The molecule has 2 aliphatic carbocycles. The van der Waals surface area contributed by atoms with E-state index >= 15 is 0 Å². The Morgan fingerprint density at radius 3 is 2.12 bits per heavy atom. The Kier molecular flexibility index (Phi) is 7.40. The van der Waals surface area contributed by atoms with Gasteiger partial charge in [-0.15, -0.1) is 0 Å². The van der Waals surface area contributed by atoms with Gasteiger partial charge in [0.25, 0.3) is 0 Å². The highest BCUT2D eigenvalue weighted by Crippen LogP contribution is 2.42. The van der Waals surface area contributed by atoms with Crippen LogP contribution in [0.1, 0.15) is 63.4 Å². The molecule has 144 valence electrons. The number of rotatable bonds is 5. The SMILES string of the molecule is Fc1c(Cl)ccc(CCC2CCC(C3CCC(C=CCl)CC3)CC2)c1F. The molecular formula is C22H28Cl2F2. The molecule has 0 saturated heterocycles. The molecule has 0 aromatic heterocycles. The van der Waals surface area contributed by atoms with Crippen LogP contribution in [0, 0.1) is 35.3 Å². The summed E-state index contributed by atoms with van der Waals surface area (Å²) >= 11 is 11.3. The molecular weight excluding hydrogens is 373 g/mol. The van der Waals surface area contributed by atoms with Crippen molar-refractivity contribution in [1.29, 1.82) is 0 Å². The summed E-state index contributed by atoms with van der Waals surface area (Å²) in [6, 6.07) is 3.09. The highest BCUT2D eigenvalue weighted by atomic mass is 35.5. The monoisotopic (exact) mass is 400 g/mol. The second-order valence-electron chi connectivity index (χ2n) is 8.15. The maximum absolute atomic E-state index is 13.9. The molecule has 0 amide bonds.